The van der Waals surface area contributed by atoms with Crippen molar-refractivity contribution in [3.8, 4) is 0 Å². The van der Waals surface area contributed by atoms with Crippen LogP contribution in [0.1, 0.15) is 12.0 Å². The lowest BCUT2D eigenvalue weighted by Gasteiger charge is -2.49. The van der Waals surface area contributed by atoms with Gasteiger partial charge in [-0.05, 0) is 18.5 Å². The Hall–Kier alpha value is -1.59. The van der Waals surface area contributed by atoms with Crippen molar-refractivity contribution in [1.82, 2.24) is 15.5 Å². The maximum absolute atomic E-state index is 12.1. The lowest BCUT2D eigenvalue weighted by Crippen LogP contribution is -2.64. The van der Waals surface area contributed by atoms with Crippen LogP contribution in [-0.4, -0.2) is 50.3 Å². The number of rotatable bonds is 3. The Kier molecular flexibility index (Phi) is 3.63. The zero-order valence-corrected chi connectivity index (χ0v) is 11.8. The van der Waals surface area contributed by atoms with Crippen molar-refractivity contribution < 1.29 is 9.53 Å². The number of nitrogens with zero attached hydrogens (tertiary/aromatic N) is 1. The SMILES string of the molecule is COC1(c2ccccc2)CN(C(=O)N[C@@H]2CCNC2)C1. The highest BCUT2D eigenvalue weighted by atomic mass is 16.5. The van der Waals surface area contributed by atoms with Crippen LogP contribution in [0.3, 0.4) is 0 Å². The third-order valence-electron chi connectivity index (χ3n) is 4.26. The highest BCUT2D eigenvalue weighted by molar-refractivity contribution is 5.76. The van der Waals surface area contributed by atoms with E-state index in [1.807, 2.05) is 23.1 Å². The number of ether oxygens (including phenoxy) is 1. The van der Waals surface area contributed by atoms with Gasteiger partial charge in [0.05, 0.1) is 13.1 Å². The minimum absolute atomic E-state index is 0.0160. The number of carbonyl (C=O) groups excluding carboxylic acids is 1. The number of likely N-dealkylation sites (tertiary alicyclic amines) is 1. The molecule has 2 saturated heterocycles. The zero-order chi connectivity index (χ0) is 14.0. The summed E-state index contributed by atoms with van der Waals surface area (Å²) in [6.07, 6.45) is 1.01. The molecule has 108 valence electrons. The van der Waals surface area contributed by atoms with Gasteiger partial charge in [0.2, 0.25) is 0 Å². The van der Waals surface area contributed by atoms with E-state index in [0.717, 1.165) is 25.1 Å². The van der Waals surface area contributed by atoms with E-state index in [1.54, 1.807) is 7.11 Å². The van der Waals surface area contributed by atoms with Crippen molar-refractivity contribution in [1.29, 1.82) is 0 Å². The number of amides is 2. The molecule has 2 fully saturated rings. The second-order valence-electron chi connectivity index (χ2n) is 5.56. The van der Waals surface area contributed by atoms with Crippen molar-refractivity contribution in [2.45, 2.75) is 18.1 Å². The van der Waals surface area contributed by atoms with E-state index in [9.17, 15) is 4.79 Å². The van der Waals surface area contributed by atoms with Crippen LogP contribution in [0.2, 0.25) is 0 Å². The molecule has 0 bridgehead atoms. The fourth-order valence-electron chi connectivity index (χ4n) is 2.93. The molecule has 5 nitrogen and oxygen atoms in total. The molecule has 20 heavy (non-hydrogen) atoms. The van der Waals surface area contributed by atoms with Gasteiger partial charge in [-0.25, -0.2) is 4.79 Å². The summed E-state index contributed by atoms with van der Waals surface area (Å²) in [6.45, 7) is 3.07. The third kappa shape index (κ3) is 2.39. The Morgan fingerprint density at radius 3 is 2.75 bits per heavy atom. The van der Waals surface area contributed by atoms with E-state index >= 15 is 0 Å². The van der Waals surface area contributed by atoms with Gasteiger partial charge < -0.3 is 20.3 Å². The van der Waals surface area contributed by atoms with Gasteiger partial charge in [-0.1, -0.05) is 30.3 Å². The monoisotopic (exact) mass is 275 g/mol. The molecule has 0 radical (unpaired) electrons. The van der Waals surface area contributed by atoms with E-state index in [0.29, 0.717) is 13.1 Å². The molecule has 0 spiro atoms. The first-order valence-electron chi connectivity index (χ1n) is 7.10. The quantitative estimate of drug-likeness (QED) is 0.862. The molecular formula is C15H21N3O2. The van der Waals surface area contributed by atoms with Crippen molar-refractivity contribution in [3.63, 3.8) is 0 Å². The predicted octanol–water partition coefficient (Wildman–Crippen LogP) is 0.915. The maximum atomic E-state index is 12.1. The van der Waals surface area contributed by atoms with Gasteiger partial charge in [0.25, 0.3) is 0 Å². The molecule has 2 aliphatic heterocycles. The summed E-state index contributed by atoms with van der Waals surface area (Å²) in [5.41, 5.74) is 0.793. The number of urea groups is 1. The topological polar surface area (TPSA) is 53.6 Å². The Balaban J connectivity index is 1.59. The largest absolute Gasteiger partial charge is 0.370 e. The van der Waals surface area contributed by atoms with Crippen molar-refractivity contribution in [2.24, 2.45) is 0 Å². The number of methoxy groups -OCH3 is 1. The molecule has 0 unspecified atom stereocenters. The number of nitrogens with one attached hydrogen (secondary N) is 2. The van der Waals surface area contributed by atoms with E-state index < -0.39 is 0 Å². The van der Waals surface area contributed by atoms with Crippen LogP contribution >= 0.6 is 0 Å². The van der Waals surface area contributed by atoms with Gasteiger partial charge in [0.1, 0.15) is 5.60 Å². The van der Waals surface area contributed by atoms with Gasteiger partial charge >= 0.3 is 6.03 Å². The summed E-state index contributed by atoms with van der Waals surface area (Å²) in [5, 5.41) is 6.31. The molecule has 1 atom stereocenters. The van der Waals surface area contributed by atoms with Gasteiger partial charge in [-0.15, -0.1) is 0 Å². The van der Waals surface area contributed by atoms with E-state index in [1.165, 1.54) is 0 Å². The smallest absolute Gasteiger partial charge is 0.317 e. The summed E-state index contributed by atoms with van der Waals surface area (Å²) in [5.74, 6) is 0. The minimum atomic E-state index is -0.341. The molecule has 0 saturated carbocycles. The predicted molar refractivity (Wildman–Crippen MR) is 76.5 cm³/mol. The highest BCUT2D eigenvalue weighted by Gasteiger charge is 2.47. The van der Waals surface area contributed by atoms with Crippen LogP contribution in [0.15, 0.2) is 30.3 Å². The number of benzene rings is 1. The molecule has 2 amide bonds. The second-order valence-corrected chi connectivity index (χ2v) is 5.56. The van der Waals surface area contributed by atoms with Crippen LogP contribution in [0.4, 0.5) is 4.79 Å². The number of hydrogen-bond donors (Lipinski definition) is 2. The van der Waals surface area contributed by atoms with Gasteiger partial charge in [0, 0.05) is 19.7 Å². The molecule has 2 heterocycles. The summed E-state index contributed by atoms with van der Waals surface area (Å²) >= 11 is 0. The first-order chi connectivity index (χ1) is 9.73. The Morgan fingerprint density at radius 1 is 1.40 bits per heavy atom. The standard InChI is InChI=1S/C15H21N3O2/c1-20-15(12-5-3-2-4-6-12)10-18(11-15)14(19)17-13-7-8-16-9-13/h2-6,13,16H,7-11H2,1H3,(H,17,19)/t13-/m1/s1. The van der Waals surface area contributed by atoms with Crippen molar-refractivity contribution in [2.75, 3.05) is 33.3 Å². The maximum Gasteiger partial charge on any atom is 0.317 e. The summed E-state index contributed by atoms with van der Waals surface area (Å²) in [6, 6.07) is 10.4. The van der Waals surface area contributed by atoms with Gasteiger partial charge in [-0.2, -0.15) is 0 Å². The van der Waals surface area contributed by atoms with Crippen LogP contribution < -0.4 is 10.6 Å². The van der Waals surface area contributed by atoms with Crippen LogP contribution in [0.5, 0.6) is 0 Å². The normalized spacial score (nSPS) is 24.2. The Labute approximate surface area is 119 Å². The molecule has 0 aromatic heterocycles. The third-order valence-corrected chi connectivity index (χ3v) is 4.26. The Morgan fingerprint density at radius 2 is 2.15 bits per heavy atom. The molecule has 2 aliphatic rings. The number of hydrogen-bond acceptors (Lipinski definition) is 3. The molecular weight excluding hydrogens is 254 g/mol. The molecule has 0 aliphatic carbocycles. The van der Waals surface area contributed by atoms with E-state index in [4.69, 9.17) is 4.74 Å². The number of carbonyl (C=O) groups is 1. The van der Waals surface area contributed by atoms with Crippen LogP contribution in [0, 0.1) is 0 Å². The molecule has 1 aromatic carbocycles. The summed E-state index contributed by atoms with van der Waals surface area (Å²) in [7, 11) is 1.71. The lowest BCUT2D eigenvalue weighted by atomic mass is 9.86. The van der Waals surface area contributed by atoms with E-state index in [2.05, 4.69) is 22.8 Å². The molecule has 2 N–H and O–H groups in total. The average molecular weight is 275 g/mol. The zero-order valence-electron chi connectivity index (χ0n) is 11.8. The lowest BCUT2D eigenvalue weighted by molar-refractivity contribution is -0.111. The first kappa shape index (κ1) is 13.4. The highest BCUT2D eigenvalue weighted by Crippen LogP contribution is 2.35. The Bertz CT molecular complexity index is 465. The fraction of sp³-hybridized carbons (Fsp3) is 0.533. The fourth-order valence-corrected chi connectivity index (χ4v) is 2.93. The van der Waals surface area contributed by atoms with Crippen LogP contribution in [0.25, 0.3) is 0 Å². The molecule has 5 heteroatoms. The van der Waals surface area contributed by atoms with Gasteiger partial charge in [-0.3, -0.25) is 0 Å². The second kappa shape index (κ2) is 5.42. The van der Waals surface area contributed by atoms with Gasteiger partial charge in [0.15, 0.2) is 0 Å². The minimum Gasteiger partial charge on any atom is -0.370 e. The van der Waals surface area contributed by atoms with Crippen molar-refractivity contribution >= 4 is 6.03 Å². The molecule has 3 rings (SSSR count). The summed E-state index contributed by atoms with van der Waals surface area (Å²) in [4.78, 5) is 14.0. The average Bonchev–Trinajstić information content (AvgIpc) is 2.92. The first-order valence-corrected chi connectivity index (χ1v) is 7.10. The van der Waals surface area contributed by atoms with E-state index in [-0.39, 0.29) is 17.7 Å². The summed E-state index contributed by atoms with van der Waals surface area (Å²) < 4.78 is 5.68. The van der Waals surface area contributed by atoms with Crippen molar-refractivity contribution in [3.05, 3.63) is 35.9 Å². The molecule has 1 aromatic rings. The van der Waals surface area contributed by atoms with Crippen LogP contribution in [-0.2, 0) is 10.3 Å².